The summed E-state index contributed by atoms with van der Waals surface area (Å²) in [5, 5.41) is 10.8. The molecule has 0 radical (unpaired) electrons. The fourth-order valence-corrected chi connectivity index (χ4v) is 3.88. The summed E-state index contributed by atoms with van der Waals surface area (Å²) in [6, 6.07) is 4.25. The van der Waals surface area contributed by atoms with Gasteiger partial charge in [-0.25, -0.2) is 0 Å². The molecular weight excluding hydrogens is 316 g/mol. The zero-order valence-electron chi connectivity index (χ0n) is 16.8. The van der Waals surface area contributed by atoms with Crippen LogP contribution in [0.5, 0.6) is 5.75 Å². The summed E-state index contributed by atoms with van der Waals surface area (Å²) in [5.74, 6) is 1.49. The van der Waals surface area contributed by atoms with Gasteiger partial charge in [0, 0.05) is 16.9 Å². The number of ketones is 1. The van der Waals surface area contributed by atoms with Crippen molar-refractivity contribution in [2.75, 3.05) is 0 Å². The largest absolute Gasteiger partial charge is 0.507 e. The summed E-state index contributed by atoms with van der Waals surface area (Å²) in [5.41, 5.74) is 2.98. The van der Waals surface area contributed by atoms with E-state index in [0.29, 0.717) is 12.2 Å². The van der Waals surface area contributed by atoms with Gasteiger partial charge in [0.25, 0.3) is 0 Å². The smallest absolute Gasteiger partial charge is 0.131 e. The molecule has 0 heterocycles. The third-order valence-corrected chi connectivity index (χ3v) is 5.49. The van der Waals surface area contributed by atoms with Gasteiger partial charge in [-0.05, 0) is 34.4 Å². The molecule has 0 aliphatic carbocycles. The average molecular weight is 351 g/mol. The SMILES string of the molecule is CC(=O)CC(C)(C)SCc1cc(C(C)(C)C)c(O)c(C(C)(C)C)c1. The number of Topliss-reactive ketones (excluding diaryl/α,β-unsaturated/α-hetero) is 1. The van der Waals surface area contributed by atoms with Gasteiger partial charge in [0.05, 0.1) is 0 Å². The molecule has 0 aliphatic rings. The molecule has 0 amide bonds. The molecule has 0 atom stereocenters. The van der Waals surface area contributed by atoms with Crippen molar-refractivity contribution >= 4 is 17.5 Å². The molecule has 0 aliphatic heterocycles. The van der Waals surface area contributed by atoms with Crippen LogP contribution in [-0.2, 0) is 21.4 Å². The molecule has 1 aromatic rings. The first-order chi connectivity index (χ1) is 10.6. The van der Waals surface area contributed by atoms with Gasteiger partial charge < -0.3 is 5.11 Å². The maximum atomic E-state index is 11.4. The fourth-order valence-electron chi connectivity index (χ4n) is 2.85. The normalized spacial score (nSPS) is 13.2. The monoisotopic (exact) mass is 350 g/mol. The Kier molecular flexibility index (Phi) is 6.25. The van der Waals surface area contributed by atoms with Crippen LogP contribution in [0.3, 0.4) is 0 Å². The fraction of sp³-hybridized carbons (Fsp3) is 0.667. The molecule has 0 aromatic heterocycles. The van der Waals surface area contributed by atoms with Gasteiger partial charge >= 0.3 is 0 Å². The van der Waals surface area contributed by atoms with E-state index in [1.807, 2.05) is 0 Å². The second kappa shape index (κ2) is 7.11. The number of benzene rings is 1. The summed E-state index contributed by atoms with van der Waals surface area (Å²) in [4.78, 5) is 11.4. The lowest BCUT2D eigenvalue weighted by atomic mass is 9.78. The first-order valence-corrected chi connectivity index (χ1v) is 9.62. The van der Waals surface area contributed by atoms with Crippen LogP contribution in [0, 0.1) is 0 Å². The highest BCUT2D eigenvalue weighted by atomic mass is 32.2. The van der Waals surface area contributed by atoms with Crippen molar-refractivity contribution < 1.29 is 9.90 Å². The Balaban J connectivity index is 3.23. The molecule has 24 heavy (non-hydrogen) atoms. The Morgan fingerprint density at radius 3 is 1.71 bits per heavy atom. The molecule has 1 aromatic carbocycles. The van der Waals surface area contributed by atoms with Crippen LogP contribution in [0.1, 0.15) is 85.4 Å². The number of carbonyl (C=O) groups excluding carboxylic acids is 1. The predicted molar refractivity (Wildman–Crippen MR) is 106 cm³/mol. The average Bonchev–Trinajstić information content (AvgIpc) is 2.33. The number of phenols is 1. The third kappa shape index (κ3) is 5.84. The first-order valence-electron chi connectivity index (χ1n) is 8.64. The number of aromatic hydroxyl groups is 1. The van der Waals surface area contributed by atoms with Gasteiger partial charge in [-0.15, -0.1) is 0 Å². The number of phenolic OH excluding ortho intramolecular Hbond substituents is 1. The van der Waals surface area contributed by atoms with Gasteiger partial charge in [-0.1, -0.05) is 67.5 Å². The van der Waals surface area contributed by atoms with E-state index in [-0.39, 0.29) is 21.4 Å². The minimum absolute atomic E-state index is 0.0759. The second-order valence-corrected chi connectivity index (χ2v) is 11.1. The lowest BCUT2D eigenvalue weighted by Crippen LogP contribution is -2.20. The van der Waals surface area contributed by atoms with Crippen LogP contribution in [0.15, 0.2) is 12.1 Å². The maximum Gasteiger partial charge on any atom is 0.131 e. The molecular formula is C21H34O2S. The predicted octanol–water partition coefficient (Wildman–Crippen LogP) is 5.98. The topological polar surface area (TPSA) is 37.3 Å². The van der Waals surface area contributed by atoms with E-state index in [1.165, 1.54) is 5.56 Å². The van der Waals surface area contributed by atoms with Crippen LogP contribution in [-0.4, -0.2) is 15.6 Å². The summed E-state index contributed by atoms with van der Waals surface area (Å²) in [6.45, 7) is 18.7. The van der Waals surface area contributed by atoms with Crippen molar-refractivity contribution in [3.05, 3.63) is 28.8 Å². The lowest BCUT2D eigenvalue weighted by Gasteiger charge is -2.29. The van der Waals surface area contributed by atoms with Crippen molar-refractivity contribution in [2.45, 2.75) is 90.1 Å². The lowest BCUT2D eigenvalue weighted by molar-refractivity contribution is -0.117. The van der Waals surface area contributed by atoms with Crippen LogP contribution in [0.2, 0.25) is 0 Å². The van der Waals surface area contributed by atoms with Crippen LogP contribution >= 0.6 is 11.8 Å². The van der Waals surface area contributed by atoms with Crippen LogP contribution < -0.4 is 0 Å². The molecule has 0 fully saturated rings. The molecule has 1 N–H and O–H groups in total. The van der Waals surface area contributed by atoms with Crippen molar-refractivity contribution in [2.24, 2.45) is 0 Å². The Morgan fingerprint density at radius 1 is 0.958 bits per heavy atom. The molecule has 0 unspecified atom stereocenters. The molecule has 0 saturated carbocycles. The summed E-state index contributed by atoms with van der Waals surface area (Å²) in [6.07, 6.45) is 0.577. The van der Waals surface area contributed by atoms with Crippen molar-refractivity contribution in [3.8, 4) is 5.75 Å². The third-order valence-electron chi connectivity index (χ3n) is 4.09. The van der Waals surface area contributed by atoms with Crippen LogP contribution in [0.25, 0.3) is 0 Å². The van der Waals surface area contributed by atoms with E-state index in [2.05, 4.69) is 67.5 Å². The number of thioether (sulfide) groups is 1. The first kappa shape index (κ1) is 21.1. The van der Waals surface area contributed by atoms with E-state index >= 15 is 0 Å². The van der Waals surface area contributed by atoms with Gasteiger partial charge in [0.15, 0.2) is 0 Å². The van der Waals surface area contributed by atoms with Gasteiger partial charge in [0.2, 0.25) is 0 Å². The summed E-state index contributed by atoms with van der Waals surface area (Å²) in [7, 11) is 0. The molecule has 0 bridgehead atoms. The van der Waals surface area contributed by atoms with E-state index < -0.39 is 0 Å². The number of hydrogen-bond donors (Lipinski definition) is 1. The van der Waals surface area contributed by atoms with Crippen molar-refractivity contribution in [1.29, 1.82) is 0 Å². The number of hydrogen-bond acceptors (Lipinski definition) is 3. The van der Waals surface area contributed by atoms with Gasteiger partial charge in [-0.2, -0.15) is 11.8 Å². The zero-order valence-corrected chi connectivity index (χ0v) is 17.6. The summed E-state index contributed by atoms with van der Waals surface area (Å²) < 4.78 is -0.0759. The molecule has 0 spiro atoms. The molecule has 0 saturated heterocycles. The quantitative estimate of drug-likeness (QED) is 0.710. The Labute approximate surface area is 152 Å². The standard InChI is InChI=1S/C21H34O2S/c1-14(22)12-21(8,9)24-13-15-10-16(19(2,3)4)18(23)17(11-15)20(5,6)7/h10-11,23H,12-13H2,1-9H3. The molecule has 2 nitrogen and oxygen atoms in total. The number of carbonyl (C=O) groups is 1. The van der Waals surface area contributed by atoms with E-state index in [0.717, 1.165) is 16.9 Å². The molecule has 3 heteroatoms. The van der Waals surface area contributed by atoms with Crippen molar-refractivity contribution in [1.82, 2.24) is 0 Å². The molecule has 136 valence electrons. The van der Waals surface area contributed by atoms with Gasteiger partial charge in [-0.3, -0.25) is 4.79 Å². The number of rotatable bonds is 5. The Bertz CT molecular complexity index is 566. The van der Waals surface area contributed by atoms with Crippen LogP contribution in [0.4, 0.5) is 0 Å². The Morgan fingerprint density at radius 2 is 1.38 bits per heavy atom. The maximum absolute atomic E-state index is 11.4. The summed E-state index contributed by atoms with van der Waals surface area (Å²) >= 11 is 1.80. The highest BCUT2D eigenvalue weighted by molar-refractivity contribution is 7.99. The van der Waals surface area contributed by atoms with Crippen molar-refractivity contribution in [3.63, 3.8) is 0 Å². The van der Waals surface area contributed by atoms with E-state index in [4.69, 9.17) is 0 Å². The minimum atomic E-state index is -0.111. The molecule has 1 rings (SSSR count). The zero-order chi connectivity index (χ0) is 18.9. The Hall–Kier alpha value is -0.960. The van der Waals surface area contributed by atoms with Gasteiger partial charge in [0.1, 0.15) is 11.5 Å². The second-order valence-electron chi connectivity index (χ2n) is 9.47. The van der Waals surface area contributed by atoms with E-state index in [1.54, 1.807) is 18.7 Å². The highest BCUT2D eigenvalue weighted by Gasteiger charge is 2.27. The highest BCUT2D eigenvalue weighted by Crippen LogP contribution is 2.41. The van der Waals surface area contributed by atoms with E-state index in [9.17, 15) is 9.90 Å². The minimum Gasteiger partial charge on any atom is -0.507 e.